The molecule has 0 atom stereocenters. The SMILES string of the molecule is CCCCCNC(=O)COC(=O)c1cnc(SC)n1-c1ccc(F)cc1. The molecule has 0 aliphatic carbocycles. The summed E-state index contributed by atoms with van der Waals surface area (Å²) in [6.45, 7) is 2.29. The highest BCUT2D eigenvalue weighted by atomic mass is 32.2. The van der Waals surface area contributed by atoms with Crippen molar-refractivity contribution in [3.8, 4) is 5.69 Å². The van der Waals surface area contributed by atoms with Gasteiger partial charge in [-0.05, 0) is 36.9 Å². The number of unbranched alkanes of at least 4 members (excludes halogenated alkanes) is 2. The number of imidazole rings is 1. The fraction of sp³-hybridized carbons (Fsp3) is 0.389. The summed E-state index contributed by atoms with van der Waals surface area (Å²) in [6, 6.07) is 5.71. The fourth-order valence-electron chi connectivity index (χ4n) is 2.32. The Morgan fingerprint density at radius 1 is 1.27 bits per heavy atom. The molecular weight excluding hydrogens is 357 g/mol. The number of benzene rings is 1. The van der Waals surface area contributed by atoms with Crippen LogP contribution >= 0.6 is 11.8 Å². The van der Waals surface area contributed by atoms with Crippen LogP contribution in [0.25, 0.3) is 5.69 Å². The highest BCUT2D eigenvalue weighted by Gasteiger charge is 2.20. The highest BCUT2D eigenvalue weighted by Crippen LogP contribution is 2.22. The summed E-state index contributed by atoms with van der Waals surface area (Å²) in [5.41, 5.74) is 0.768. The number of nitrogens with zero attached hydrogens (tertiary/aromatic N) is 2. The molecule has 1 amide bonds. The molecule has 2 aromatic rings. The Labute approximate surface area is 156 Å². The molecular formula is C18H22FN3O3S. The number of halogens is 1. The van der Waals surface area contributed by atoms with Crippen LogP contribution in [0.4, 0.5) is 4.39 Å². The van der Waals surface area contributed by atoms with Gasteiger partial charge in [-0.15, -0.1) is 0 Å². The normalized spacial score (nSPS) is 10.6. The molecule has 1 heterocycles. The smallest absolute Gasteiger partial charge is 0.357 e. The molecule has 1 N–H and O–H groups in total. The summed E-state index contributed by atoms with van der Waals surface area (Å²) in [5, 5.41) is 3.27. The van der Waals surface area contributed by atoms with Crippen LogP contribution in [-0.2, 0) is 9.53 Å². The van der Waals surface area contributed by atoms with Crippen molar-refractivity contribution in [1.29, 1.82) is 0 Å². The molecule has 0 fully saturated rings. The first-order valence-electron chi connectivity index (χ1n) is 8.38. The summed E-state index contributed by atoms with van der Waals surface area (Å²) in [5.74, 6) is -1.37. The average Bonchev–Trinajstić information content (AvgIpc) is 3.08. The molecule has 0 aliphatic rings. The van der Waals surface area contributed by atoms with Gasteiger partial charge >= 0.3 is 5.97 Å². The molecule has 6 nitrogen and oxygen atoms in total. The average molecular weight is 379 g/mol. The third-order valence-electron chi connectivity index (χ3n) is 3.64. The number of nitrogens with one attached hydrogen (secondary N) is 1. The van der Waals surface area contributed by atoms with Crippen molar-refractivity contribution in [1.82, 2.24) is 14.9 Å². The first-order valence-corrected chi connectivity index (χ1v) is 9.60. The highest BCUT2D eigenvalue weighted by molar-refractivity contribution is 7.98. The zero-order valence-corrected chi connectivity index (χ0v) is 15.6. The van der Waals surface area contributed by atoms with Gasteiger partial charge in [0.15, 0.2) is 17.5 Å². The van der Waals surface area contributed by atoms with E-state index < -0.39 is 5.97 Å². The molecule has 0 radical (unpaired) electrons. The van der Waals surface area contributed by atoms with E-state index in [2.05, 4.69) is 17.2 Å². The Hall–Kier alpha value is -2.35. The number of hydrogen-bond acceptors (Lipinski definition) is 5. The molecule has 140 valence electrons. The minimum absolute atomic E-state index is 0.180. The first-order chi connectivity index (χ1) is 12.6. The Balaban J connectivity index is 2.04. The number of rotatable bonds is 9. The molecule has 1 aromatic heterocycles. The summed E-state index contributed by atoms with van der Waals surface area (Å²) < 4.78 is 19.8. The number of aromatic nitrogens is 2. The van der Waals surface area contributed by atoms with Gasteiger partial charge in [0.25, 0.3) is 5.91 Å². The van der Waals surface area contributed by atoms with Crippen LogP contribution < -0.4 is 5.32 Å². The van der Waals surface area contributed by atoms with E-state index in [0.717, 1.165) is 19.3 Å². The Bertz CT molecular complexity index is 747. The minimum Gasteiger partial charge on any atom is -0.451 e. The molecule has 26 heavy (non-hydrogen) atoms. The molecule has 8 heteroatoms. The lowest BCUT2D eigenvalue weighted by Crippen LogP contribution is -2.29. The second kappa shape index (κ2) is 9.96. The van der Waals surface area contributed by atoms with Gasteiger partial charge in [-0.1, -0.05) is 31.5 Å². The first kappa shape index (κ1) is 20.0. The number of thioether (sulfide) groups is 1. The van der Waals surface area contributed by atoms with Gasteiger partial charge in [0, 0.05) is 12.2 Å². The fourth-order valence-corrected chi connectivity index (χ4v) is 2.87. The van der Waals surface area contributed by atoms with Gasteiger partial charge < -0.3 is 10.1 Å². The molecule has 0 bridgehead atoms. The molecule has 0 saturated carbocycles. The zero-order chi connectivity index (χ0) is 18.9. The van der Waals surface area contributed by atoms with E-state index in [1.54, 1.807) is 16.7 Å². The maximum atomic E-state index is 13.2. The Morgan fingerprint density at radius 3 is 2.65 bits per heavy atom. The maximum absolute atomic E-state index is 13.2. The van der Waals surface area contributed by atoms with E-state index >= 15 is 0 Å². The topological polar surface area (TPSA) is 73.2 Å². The molecule has 1 aromatic carbocycles. The number of carbonyl (C=O) groups excluding carboxylic acids is 2. The third kappa shape index (κ3) is 5.32. The van der Waals surface area contributed by atoms with E-state index in [9.17, 15) is 14.0 Å². The van der Waals surface area contributed by atoms with E-state index in [0.29, 0.717) is 17.4 Å². The number of amides is 1. The predicted molar refractivity (Wildman–Crippen MR) is 98.1 cm³/mol. The largest absolute Gasteiger partial charge is 0.451 e. The van der Waals surface area contributed by atoms with Crippen LogP contribution in [0.1, 0.15) is 36.7 Å². The lowest BCUT2D eigenvalue weighted by Gasteiger charge is -2.11. The van der Waals surface area contributed by atoms with Crippen molar-refractivity contribution in [2.75, 3.05) is 19.4 Å². The van der Waals surface area contributed by atoms with E-state index in [1.807, 2.05) is 6.26 Å². The lowest BCUT2D eigenvalue weighted by atomic mass is 10.2. The van der Waals surface area contributed by atoms with Crippen LogP contribution in [0.2, 0.25) is 0 Å². The van der Waals surface area contributed by atoms with Crippen LogP contribution in [0, 0.1) is 5.82 Å². The van der Waals surface area contributed by atoms with Gasteiger partial charge in [-0.3, -0.25) is 9.36 Å². The summed E-state index contributed by atoms with van der Waals surface area (Å²) in [4.78, 5) is 28.3. The molecule has 0 saturated heterocycles. The van der Waals surface area contributed by atoms with Gasteiger partial charge in [0.2, 0.25) is 0 Å². The van der Waals surface area contributed by atoms with Crippen molar-refractivity contribution < 1.29 is 18.7 Å². The molecule has 0 unspecified atom stereocenters. The summed E-state index contributed by atoms with van der Waals surface area (Å²) >= 11 is 1.34. The number of esters is 1. The number of hydrogen-bond donors (Lipinski definition) is 1. The molecule has 0 spiro atoms. The number of ether oxygens (including phenoxy) is 1. The quantitative estimate of drug-likeness (QED) is 0.411. The van der Waals surface area contributed by atoms with Gasteiger partial charge in [0.1, 0.15) is 5.82 Å². The van der Waals surface area contributed by atoms with Crippen LogP contribution in [0.3, 0.4) is 0 Å². The lowest BCUT2D eigenvalue weighted by molar-refractivity contribution is -0.124. The summed E-state index contributed by atoms with van der Waals surface area (Å²) in [7, 11) is 0. The van der Waals surface area contributed by atoms with Crippen LogP contribution in [-0.4, -0.2) is 40.8 Å². The summed E-state index contributed by atoms with van der Waals surface area (Å²) in [6.07, 6.45) is 6.20. The van der Waals surface area contributed by atoms with Gasteiger partial charge in [-0.25, -0.2) is 14.2 Å². The molecule has 0 aliphatic heterocycles. The zero-order valence-electron chi connectivity index (χ0n) is 14.8. The van der Waals surface area contributed by atoms with E-state index in [-0.39, 0.29) is 24.0 Å². The van der Waals surface area contributed by atoms with Gasteiger partial charge in [-0.2, -0.15) is 0 Å². The van der Waals surface area contributed by atoms with E-state index in [4.69, 9.17) is 4.74 Å². The van der Waals surface area contributed by atoms with Crippen molar-refractivity contribution in [2.24, 2.45) is 0 Å². The van der Waals surface area contributed by atoms with Crippen molar-refractivity contribution >= 4 is 23.6 Å². The van der Waals surface area contributed by atoms with E-state index in [1.165, 1.54) is 30.1 Å². The van der Waals surface area contributed by atoms with Crippen molar-refractivity contribution in [2.45, 2.75) is 31.3 Å². The van der Waals surface area contributed by atoms with Crippen LogP contribution in [0.5, 0.6) is 0 Å². The molecule has 2 rings (SSSR count). The Morgan fingerprint density at radius 2 is 2.00 bits per heavy atom. The third-order valence-corrected chi connectivity index (χ3v) is 4.30. The second-order valence-corrected chi connectivity index (χ2v) is 6.35. The second-order valence-electron chi connectivity index (χ2n) is 5.58. The van der Waals surface area contributed by atoms with Gasteiger partial charge in [0.05, 0.1) is 6.20 Å². The van der Waals surface area contributed by atoms with Crippen LogP contribution in [0.15, 0.2) is 35.6 Å². The number of carbonyl (C=O) groups is 2. The maximum Gasteiger partial charge on any atom is 0.357 e. The van der Waals surface area contributed by atoms with Crippen molar-refractivity contribution in [3.05, 3.63) is 42.0 Å². The minimum atomic E-state index is -0.661. The Kier molecular flexibility index (Phi) is 7.65. The monoisotopic (exact) mass is 379 g/mol. The predicted octanol–water partition coefficient (Wildman–Crippen LogP) is 3.20. The van der Waals surface area contributed by atoms with Crippen molar-refractivity contribution in [3.63, 3.8) is 0 Å². The standard InChI is InChI=1S/C18H22FN3O3S/c1-3-4-5-10-20-16(23)12-25-17(24)15-11-21-18(26-2)22(15)14-8-6-13(19)7-9-14/h6-9,11H,3-5,10,12H2,1-2H3,(H,20,23).